The summed E-state index contributed by atoms with van der Waals surface area (Å²) in [6.45, 7) is 2.74. The standard InChI is InChI=1S/C16H24NO2S/c1-4-8-16-17(15(18)12-20(2)3)14(11-19-16)13-9-6-5-7-10-13/h5-7,9-10,14,16H,4,8,11-12H2,1-3H3/q+1/t14-,16+/m1/s1. The first-order valence-electron chi connectivity index (χ1n) is 7.15. The third-order valence-corrected chi connectivity index (χ3v) is 4.34. The number of carbonyl (C=O) groups excluding carboxylic acids is 1. The van der Waals surface area contributed by atoms with E-state index in [4.69, 9.17) is 4.74 Å². The van der Waals surface area contributed by atoms with Crippen LogP contribution in [-0.4, -0.2) is 41.9 Å². The van der Waals surface area contributed by atoms with Crippen molar-refractivity contribution < 1.29 is 9.53 Å². The summed E-state index contributed by atoms with van der Waals surface area (Å²) in [4.78, 5) is 14.6. The highest BCUT2D eigenvalue weighted by atomic mass is 32.2. The fourth-order valence-corrected chi connectivity index (χ4v) is 3.26. The molecule has 20 heavy (non-hydrogen) atoms. The molecule has 0 aliphatic carbocycles. The summed E-state index contributed by atoms with van der Waals surface area (Å²) in [6.07, 6.45) is 6.11. The summed E-state index contributed by atoms with van der Waals surface area (Å²) in [5.41, 5.74) is 1.17. The lowest BCUT2D eigenvalue weighted by atomic mass is 10.1. The van der Waals surface area contributed by atoms with Crippen molar-refractivity contribution >= 4 is 16.8 Å². The molecule has 0 unspecified atom stereocenters. The Hall–Kier alpha value is -1.000. The van der Waals surface area contributed by atoms with E-state index in [0.29, 0.717) is 12.4 Å². The maximum absolute atomic E-state index is 12.6. The van der Waals surface area contributed by atoms with Crippen LogP contribution in [0.4, 0.5) is 0 Å². The molecule has 1 amide bonds. The van der Waals surface area contributed by atoms with Crippen LogP contribution >= 0.6 is 0 Å². The zero-order valence-electron chi connectivity index (χ0n) is 12.5. The summed E-state index contributed by atoms with van der Waals surface area (Å²) in [5, 5.41) is 0. The Morgan fingerprint density at radius 3 is 2.65 bits per heavy atom. The van der Waals surface area contributed by atoms with Crippen molar-refractivity contribution in [2.45, 2.75) is 32.0 Å². The minimum atomic E-state index is -0.0544. The minimum Gasteiger partial charge on any atom is -0.356 e. The maximum atomic E-state index is 12.6. The zero-order chi connectivity index (χ0) is 14.5. The van der Waals surface area contributed by atoms with Gasteiger partial charge in [0.05, 0.1) is 25.2 Å². The van der Waals surface area contributed by atoms with Crippen LogP contribution in [0.15, 0.2) is 30.3 Å². The number of nitrogens with zero attached hydrogens (tertiary/aromatic N) is 1. The Kier molecular flexibility index (Phi) is 5.49. The van der Waals surface area contributed by atoms with Crippen LogP contribution in [0.3, 0.4) is 0 Å². The highest BCUT2D eigenvalue weighted by Gasteiger charge is 2.39. The molecule has 1 aromatic carbocycles. The number of ether oxygens (including phenoxy) is 1. The molecule has 1 saturated heterocycles. The van der Waals surface area contributed by atoms with Gasteiger partial charge in [0.2, 0.25) is 0 Å². The van der Waals surface area contributed by atoms with Crippen LogP contribution in [0.5, 0.6) is 0 Å². The molecule has 1 aliphatic heterocycles. The lowest BCUT2D eigenvalue weighted by Gasteiger charge is -2.27. The Balaban J connectivity index is 2.20. The first kappa shape index (κ1) is 15.4. The van der Waals surface area contributed by atoms with Gasteiger partial charge in [-0.1, -0.05) is 43.7 Å². The van der Waals surface area contributed by atoms with Crippen molar-refractivity contribution in [3.8, 4) is 0 Å². The van der Waals surface area contributed by atoms with Crippen LogP contribution in [0.25, 0.3) is 0 Å². The molecule has 1 aliphatic rings. The first-order valence-corrected chi connectivity index (χ1v) is 9.36. The summed E-state index contributed by atoms with van der Waals surface area (Å²) >= 11 is 0. The average Bonchev–Trinajstić information content (AvgIpc) is 2.83. The largest absolute Gasteiger partial charge is 0.356 e. The van der Waals surface area contributed by atoms with E-state index >= 15 is 0 Å². The number of benzene rings is 1. The van der Waals surface area contributed by atoms with E-state index in [1.165, 1.54) is 5.56 Å². The van der Waals surface area contributed by atoms with E-state index in [-0.39, 0.29) is 29.1 Å². The van der Waals surface area contributed by atoms with Crippen LogP contribution in [-0.2, 0) is 20.4 Å². The second-order valence-corrected chi connectivity index (χ2v) is 7.69. The van der Waals surface area contributed by atoms with Crippen molar-refractivity contribution in [2.75, 3.05) is 24.9 Å². The Morgan fingerprint density at radius 1 is 1.35 bits per heavy atom. The number of hydrogen-bond donors (Lipinski definition) is 0. The van der Waals surface area contributed by atoms with Gasteiger partial charge in [-0.05, 0) is 22.9 Å². The SMILES string of the molecule is CCC[C@@H]1OC[C@H](c2ccccc2)N1C(=O)C[S+](C)C. The lowest BCUT2D eigenvalue weighted by molar-refractivity contribution is -0.135. The Bertz CT molecular complexity index is 435. The van der Waals surface area contributed by atoms with E-state index in [2.05, 4.69) is 31.6 Å². The van der Waals surface area contributed by atoms with E-state index in [1.54, 1.807) is 0 Å². The molecule has 2 atom stereocenters. The molecule has 1 fully saturated rings. The van der Waals surface area contributed by atoms with E-state index in [9.17, 15) is 4.79 Å². The Morgan fingerprint density at radius 2 is 2.05 bits per heavy atom. The van der Waals surface area contributed by atoms with Crippen LogP contribution < -0.4 is 0 Å². The maximum Gasteiger partial charge on any atom is 0.275 e. The second kappa shape index (κ2) is 7.14. The lowest BCUT2D eigenvalue weighted by Crippen LogP contribution is -2.41. The molecular formula is C16H24NO2S+. The van der Waals surface area contributed by atoms with Gasteiger partial charge in [-0.2, -0.15) is 0 Å². The fraction of sp³-hybridized carbons (Fsp3) is 0.562. The summed E-state index contributed by atoms with van der Waals surface area (Å²) in [6, 6.07) is 10.3. The molecule has 3 nitrogen and oxygen atoms in total. The molecule has 1 aromatic rings. The highest BCUT2D eigenvalue weighted by Crippen LogP contribution is 2.32. The van der Waals surface area contributed by atoms with Gasteiger partial charge in [-0.25, -0.2) is 0 Å². The van der Waals surface area contributed by atoms with Gasteiger partial charge < -0.3 is 9.64 Å². The van der Waals surface area contributed by atoms with Crippen molar-refractivity contribution in [2.24, 2.45) is 0 Å². The van der Waals surface area contributed by atoms with E-state index in [0.717, 1.165) is 12.8 Å². The molecule has 1 heterocycles. The Labute approximate surface area is 124 Å². The smallest absolute Gasteiger partial charge is 0.275 e. The van der Waals surface area contributed by atoms with Crippen molar-refractivity contribution in [1.82, 2.24) is 4.90 Å². The monoisotopic (exact) mass is 294 g/mol. The number of rotatable bonds is 5. The number of carbonyl (C=O) groups is 1. The predicted molar refractivity (Wildman–Crippen MR) is 84.8 cm³/mol. The van der Waals surface area contributed by atoms with Crippen LogP contribution in [0.1, 0.15) is 31.4 Å². The third kappa shape index (κ3) is 3.55. The van der Waals surface area contributed by atoms with Gasteiger partial charge in [-0.3, -0.25) is 4.79 Å². The van der Waals surface area contributed by atoms with Gasteiger partial charge in [0.15, 0.2) is 5.75 Å². The first-order chi connectivity index (χ1) is 9.63. The molecule has 0 radical (unpaired) electrons. The van der Waals surface area contributed by atoms with Gasteiger partial charge >= 0.3 is 0 Å². The molecule has 0 bridgehead atoms. The number of hydrogen-bond acceptors (Lipinski definition) is 2. The average molecular weight is 294 g/mol. The van der Waals surface area contributed by atoms with Gasteiger partial charge in [0, 0.05) is 0 Å². The molecule has 0 saturated carbocycles. The number of amides is 1. The fourth-order valence-electron chi connectivity index (χ4n) is 2.62. The van der Waals surface area contributed by atoms with Crippen LogP contribution in [0.2, 0.25) is 0 Å². The minimum absolute atomic E-state index is 0.0544. The van der Waals surface area contributed by atoms with E-state index < -0.39 is 0 Å². The molecule has 0 aromatic heterocycles. The molecule has 0 spiro atoms. The molecule has 4 heteroatoms. The van der Waals surface area contributed by atoms with Crippen LogP contribution in [0, 0.1) is 0 Å². The molecule has 0 N–H and O–H groups in total. The van der Waals surface area contributed by atoms with Crippen molar-refractivity contribution in [1.29, 1.82) is 0 Å². The quantitative estimate of drug-likeness (QED) is 0.781. The molecule has 2 rings (SSSR count). The van der Waals surface area contributed by atoms with Gasteiger partial charge in [-0.15, -0.1) is 0 Å². The normalized spacial score (nSPS) is 22.5. The van der Waals surface area contributed by atoms with E-state index in [1.807, 2.05) is 23.1 Å². The van der Waals surface area contributed by atoms with Crippen molar-refractivity contribution in [3.05, 3.63) is 35.9 Å². The van der Waals surface area contributed by atoms with Crippen molar-refractivity contribution in [3.63, 3.8) is 0 Å². The second-order valence-electron chi connectivity index (χ2n) is 5.43. The third-order valence-electron chi connectivity index (χ3n) is 3.51. The highest BCUT2D eigenvalue weighted by molar-refractivity contribution is 7.96. The van der Waals surface area contributed by atoms with Gasteiger partial charge in [0.1, 0.15) is 6.23 Å². The zero-order valence-corrected chi connectivity index (χ0v) is 13.4. The summed E-state index contributed by atoms with van der Waals surface area (Å²) < 4.78 is 5.88. The molecule has 110 valence electrons. The van der Waals surface area contributed by atoms with Gasteiger partial charge in [0.25, 0.3) is 5.91 Å². The predicted octanol–water partition coefficient (Wildman–Crippen LogP) is 2.59. The molecular weight excluding hydrogens is 270 g/mol. The topological polar surface area (TPSA) is 29.5 Å². The summed E-state index contributed by atoms with van der Waals surface area (Å²) in [5.74, 6) is 0.843. The summed E-state index contributed by atoms with van der Waals surface area (Å²) in [7, 11) is 0.121.